The molecule has 4 rings (SSSR count). The number of benzene rings is 1. The summed E-state index contributed by atoms with van der Waals surface area (Å²) in [5.74, 6) is 2.08. The van der Waals surface area contributed by atoms with Gasteiger partial charge < -0.3 is 15.4 Å². The van der Waals surface area contributed by atoms with Gasteiger partial charge in [-0.05, 0) is 25.0 Å². The summed E-state index contributed by atoms with van der Waals surface area (Å²) in [6.07, 6.45) is 2.36. The molecule has 2 aromatic rings. The van der Waals surface area contributed by atoms with Crippen LogP contribution >= 0.6 is 12.4 Å². The first-order valence-corrected chi connectivity index (χ1v) is 7.94. The Balaban J connectivity index is 0.00000169. The highest BCUT2D eigenvalue weighted by Crippen LogP contribution is 2.38. The topological polar surface area (TPSA) is 91.9 Å². The number of carbonyl (C=O) groups excluding carboxylic acids is 1. The lowest BCUT2D eigenvalue weighted by molar-refractivity contribution is -0.120. The van der Waals surface area contributed by atoms with E-state index in [4.69, 9.17) is 4.74 Å². The number of halogens is 1. The molecule has 1 aromatic heterocycles. The Morgan fingerprint density at radius 2 is 2.21 bits per heavy atom. The molecule has 3 N–H and O–H groups in total. The lowest BCUT2D eigenvalue weighted by Gasteiger charge is -2.22. The first-order valence-electron chi connectivity index (χ1n) is 7.94. The van der Waals surface area contributed by atoms with Gasteiger partial charge in [0, 0.05) is 23.7 Å². The maximum atomic E-state index is 12.2. The van der Waals surface area contributed by atoms with Crippen LogP contribution in [-0.4, -0.2) is 46.9 Å². The predicted molar refractivity (Wildman–Crippen MR) is 92.3 cm³/mol. The Morgan fingerprint density at radius 3 is 2.96 bits per heavy atom. The van der Waals surface area contributed by atoms with E-state index in [0.29, 0.717) is 31.5 Å². The Bertz CT molecular complexity index is 710. The van der Waals surface area contributed by atoms with E-state index in [-0.39, 0.29) is 24.4 Å². The molecule has 2 aliphatic rings. The number of hydrogen-bond acceptors (Lipinski definition) is 5. The van der Waals surface area contributed by atoms with Crippen molar-refractivity contribution in [1.82, 2.24) is 20.5 Å². The molecule has 1 amide bonds. The summed E-state index contributed by atoms with van der Waals surface area (Å²) in [5.41, 5.74) is 1.62. The van der Waals surface area contributed by atoms with E-state index in [0.717, 1.165) is 17.1 Å². The fourth-order valence-electron chi connectivity index (χ4n) is 2.64. The molecular weight excluding hydrogens is 330 g/mol. The highest BCUT2D eigenvalue weighted by atomic mass is 35.5. The second-order valence-corrected chi connectivity index (χ2v) is 5.97. The number of H-pyrrole nitrogens is 1. The second kappa shape index (κ2) is 7.29. The molecule has 1 saturated heterocycles. The molecule has 8 heteroatoms. The molecule has 2 heterocycles. The Labute approximate surface area is 146 Å². The van der Waals surface area contributed by atoms with E-state index < -0.39 is 0 Å². The first-order chi connectivity index (χ1) is 11.3. The average Bonchev–Trinajstić information content (AvgIpc) is 3.33. The molecule has 0 bridgehead atoms. The number of aromatic amines is 1. The van der Waals surface area contributed by atoms with Gasteiger partial charge in [0.25, 0.3) is 0 Å². The number of amides is 1. The molecule has 7 nitrogen and oxygen atoms in total. The van der Waals surface area contributed by atoms with Crippen molar-refractivity contribution in [3.05, 3.63) is 30.1 Å². The second-order valence-electron chi connectivity index (χ2n) is 5.97. The number of nitrogens with zero attached hydrogens (tertiary/aromatic N) is 2. The van der Waals surface area contributed by atoms with Gasteiger partial charge in [0.2, 0.25) is 5.91 Å². The van der Waals surface area contributed by atoms with E-state index in [2.05, 4.69) is 25.8 Å². The summed E-state index contributed by atoms with van der Waals surface area (Å²) in [6.45, 7) is 1.74. The fraction of sp³-hybridized carbons (Fsp3) is 0.438. The fourth-order valence-corrected chi connectivity index (χ4v) is 2.64. The summed E-state index contributed by atoms with van der Waals surface area (Å²) in [5, 5.41) is 13.3. The third-order valence-corrected chi connectivity index (χ3v) is 4.09. The van der Waals surface area contributed by atoms with E-state index in [1.165, 1.54) is 12.8 Å². The number of ether oxygens (including phenoxy) is 1. The Hall–Kier alpha value is -1.96. The lowest BCUT2D eigenvalue weighted by Crippen LogP contribution is -2.48. The van der Waals surface area contributed by atoms with Crippen LogP contribution < -0.4 is 10.6 Å². The summed E-state index contributed by atoms with van der Waals surface area (Å²) in [7, 11) is 0. The normalized spacial score (nSPS) is 20.2. The number of anilines is 1. The molecule has 0 radical (unpaired) electrons. The van der Waals surface area contributed by atoms with Crippen molar-refractivity contribution in [2.75, 3.05) is 25.1 Å². The van der Waals surface area contributed by atoms with Crippen molar-refractivity contribution < 1.29 is 9.53 Å². The largest absolute Gasteiger partial charge is 0.378 e. The van der Waals surface area contributed by atoms with E-state index in [9.17, 15) is 4.79 Å². The predicted octanol–water partition coefficient (Wildman–Crippen LogP) is 1.70. The molecule has 128 valence electrons. The standard InChI is InChI=1S/C16H19N5O2.ClH/c22-16(13-9-23-7-6-17-13)18-12-3-1-2-11(8-12)15-19-14(20-21-15)10-4-5-10;/h1-3,8,10,13,17H,4-7,9H2,(H,18,22)(H,19,20,21);1H. The molecule has 1 aromatic carbocycles. The number of morpholine rings is 1. The minimum Gasteiger partial charge on any atom is -0.378 e. The summed E-state index contributed by atoms with van der Waals surface area (Å²) < 4.78 is 5.32. The summed E-state index contributed by atoms with van der Waals surface area (Å²) in [4.78, 5) is 16.8. The van der Waals surface area contributed by atoms with Crippen molar-refractivity contribution in [2.24, 2.45) is 0 Å². The minimum atomic E-state index is -0.308. The zero-order valence-electron chi connectivity index (χ0n) is 13.1. The van der Waals surface area contributed by atoms with Gasteiger partial charge in [-0.15, -0.1) is 12.4 Å². The van der Waals surface area contributed by atoms with Gasteiger partial charge in [0.15, 0.2) is 5.82 Å². The maximum Gasteiger partial charge on any atom is 0.243 e. The molecule has 1 atom stereocenters. The van der Waals surface area contributed by atoms with Crippen molar-refractivity contribution in [3.63, 3.8) is 0 Å². The minimum absolute atomic E-state index is 0. The van der Waals surface area contributed by atoms with Gasteiger partial charge in [-0.2, -0.15) is 5.10 Å². The van der Waals surface area contributed by atoms with Crippen LogP contribution in [0.2, 0.25) is 0 Å². The van der Waals surface area contributed by atoms with Gasteiger partial charge in [-0.25, -0.2) is 4.98 Å². The SMILES string of the molecule is Cl.O=C(Nc1cccc(-c2n[nH]c(C3CC3)n2)c1)C1COCCN1. The summed E-state index contributed by atoms with van der Waals surface area (Å²) >= 11 is 0. The van der Waals surface area contributed by atoms with E-state index in [1.807, 2.05) is 24.3 Å². The van der Waals surface area contributed by atoms with Gasteiger partial charge >= 0.3 is 0 Å². The third kappa shape index (κ3) is 3.75. The Kier molecular flexibility index (Phi) is 5.13. The third-order valence-electron chi connectivity index (χ3n) is 4.09. The monoisotopic (exact) mass is 349 g/mol. The zero-order chi connectivity index (χ0) is 15.6. The molecular formula is C16H20ClN5O2. The van der Waals surface area contributed by atoms with Crippen molar-refractivity contribution in [3.8, 4) is 11.4 Å². The van der Waals surface area contributed by atoms with Crippen LogP contribution in [0.3, 0.4) is 0 Å². The van der Waals surface area contributed by atoms with Gasteiger partial charge in [0.1, 0.15) is 11.9 Å². The highest BCUT2D eigenvalue weighted by Gasteiger charge is 2.27. The number of nitrogens with one attached hydrogen (secondary N) is 3. The van der Waals surface area contributed by atoms with Crippen LogP contribution in [0.5, 0.6) is 0 Å². The smallest absolute Gasteiger partial charge is 0.243 e. The maximum absolute atomic E-state index is 12.2. The molecule has 1 aliphatic carbocycles. The van der Waals surface area contributed by atoms with Crippen molar-refractivity contribution in [2.45, 2.75) is 24.8 Å². The van der Waals surface area contributed by atoms with Gasteiger partial charge in [-0.1, -0.05) is 12.1 Å². The number of rotatable bonds is 4. The molecule has 2 fully saturated rings. The van der Waals surface area contributed by atoms with Crippen LogP contribution in [0.25, 0.3) is 11.4 Å². The van der Waals surface area contributed by atoms with Gasteiger partial charge in [-0.3, -0.25) is 9.89 Å². The number of carbonyl (C=O) groups is 1. The van der Waals surface area contributed by atoms with Crippen molar-refractivity contribution >= 4 is 24.0 Å². The van der Waals surface area contributed by atoms with Crippen molar-refractivity contribution in [1.29, 1.82) is 0 Å². The number of hydrogen-bond donors (Lipinski definition) is 3. The molecule has 24 heavy (non-hydrogen) atoms. The summed E-state index contributed by atoms with van der Waals surface area (Å²) in [6, 6.07) is 7.28. The van der Waals surface area contributed by atoms with Crippen LogP contribution in [0.15, 0.2) is 24.3 Å². The number of aromatic nitrogens is 3. The average molecular weight is 350 g/mol. The van der Waals surface area contributed by atoms with Crippen LogP contribution in [0.4, 0.5) is 5.69 Å². The first kappa shape index (κ1) is 16.9. The zero-order valence-corrected chi connectivity index (χ0v) is 13.9. The molecule has 1 aliphatic heterocycles. The van der Waals surface area contributed by atoms with Gasteiger partial charge in [0.05, 0.1) is 13.2 Å². The molecule has 0 spiro atoms. The molecule has 1 unspecified atom stereocenters. The van der Waals surface area contributed by atoms with Crippen LogP contribution in [0, 0.1) is 0 Å². The Morgan fingerprint density at radius 1 is 1.33 bits per heavy atom. The van der Waals surface area contributed by atoms with E-state index in [1.54, 1.807) is 0 Å². The highest BCUT2D eigenvalue weighted by molar-refractivity contribution is 5.95. The quantitative estimate of drug-likeness (QED) is 0.781. The van der Waals surface area contributed by atoms with E-state index >= 15 is 0 Å². The molecule has 1 saturated carbocycles. The van der Waals surface area contributed by atoms with Crippen LogP contribution in [0.1, 0.15) is 24.6 Å². The lowest BCUT2D eigenvalue weighted by atomic mass is 10.1. The van der Waals surface area contributed by atoms with Crippen LogP contribution in [-0.2, 0) is 9.53 Å².